The van der Waals surface area contributed by atoms with Crippen molar-refractivity contribution in [2.75, 3.05) is 11.9 Å². The summed E-state index contributed by atoms with van der Waals surface area (Å²) in [5, 5.41) is 13.4. The quantitative estimate of drug-likeness (QED) is 0.653. The number of ether oxygens (including phenoxy) is 1. The first-order valence-corrected chi connectivity index (χ1v) is 6.89. The van der Waals surface area contributed by atoms with Gasteiger partial charge in [0.15, 0.2) is 11.6 Å². The molecular weight excluding hydrogens is 303 g/mol. The van der Waals surface area contributed by atoms with E-state index >= 15 is 0 Å². The van der Waals surface area contributed by atoms with Gasteiger partial charge in [0.1, 0.15) is 0 Å². The number of carbonyl (C=O) groups excluding carboxylic acids is 1. The van der Waals surface area contributed by atoms with Crippen LogP contribution in [-0.2, 0) is 4.79 Å². The van der Waals surface area contributed by atoms with Crippen molar-refractivity contribution in [3.05, 3.63) is 64.0 Å². The van der Waals surface area contributed by atoms with Crippen LogP contribution in [0.5, 0.6) is 5.75 Å². The van der Waals surface area contributed by atoms with E-state index in [1.807, 2.05) is 0 Å². The summed E-state index contributed by atoms with van der Waals surface area (Å²) in [6, 6.07) is 10.3. The predicted molar refractivity (Wildman–Crippen MR) is 83.0 cm³/mol. The predicted octanol–water partition coefficient (Wildman–Crippen LogP) is 3.45. The molecule has 0 fully saturated rings. The molecule has 6 nitrogen and oxygen atoms in total. The third-order valence-electron chi connectivity index (χ3n) is 3.11. The Morgan fingerprint density at radius 1 is 1.30 bits per heavy atom. The minimum absolute atomic E-state index is 0.000716. The van der Waals surface area contributed by atoms with Gasteiger partial charge in [-0.2, -0.15) is 0 Å². The number of rotatable bonds is 6. The largest absolute Gasteiger partial charge is 0.490 e. The van der Waals surface area contributed by atoms with Gasteiger partial charge in [0.2, 0.25) is 5.91 Å². The maximum absolute atomic E-state index is 13.3. The van der Waals surface area contributed by atoms with E-state index < -0.39 is 10.7 Å². The van der Waals surface area contributed by atoms with Crippen molar-refractivity contribution in [2.45, 2.75) is 13.3 Å². The SMILES string of the molecule is Cc1ccc(NC(=O)CCOc2ccccc2F)cc1[N+](=O)[O-]. The third-order valence-corrected chi connectivity index (χ3v) is 3.11. The van der Waals surface area contributed by atoms with Gasteiger partial charge in [-0.1, -0.05) is 18.2 Å². The molecule has 0 saturated heterocycles. The molecule has 0 atom stereocenters. The molecule has 0 spiro atoms. The van der Waals surface area contributed by atoms with Crippen LogP contribution in [0, 0.1) is 22.9 Å². The van der Waals surface area contributed by atoms with Crippen LogP contribution in [0.4, 0.5) is 15.8 Å². The van der Waals surface area contributed by atoms with Crippen molar-refractivity contribution in [3.8, 4) is 5.75 Å². The molecule has 0 heterocycles. The fourth-order valence-electron chi connectivity index (χ4n) is 1.92. The summed E-state index contributed by atoms with van der Waals surface area (Å²) >= 11 is 0. The second-order valence-electron chi connectivity index (χ2n) is 4.84. The molecule has 0 unspecified atom stereocenters. The number of nitro groups is 1. The molecule has 0 aliphatic rings. The van der Waals surface area contributed by atoms with Crippen LogP contribution >= 0.6 is 0 Å². The van der Waals surface area contributed by atoms with E-state index in [1.54, 1.807) is 31.2 Å². The first-order valence-electron chi connectivity index (χ1n) is 6.89. The Kier molecular flexibility index (Phi) is 5.24. The van der Waals surface area contributed by atoms with Gasteiger partial charge in [0.05, 0.1) is 18.0 Å². The van der Waals surface area contributed by atoms with Gasteiger partial charge in [-0.25, -0.2) is 4.39 Å². The van der Waals surface area contributed by atoms with E-state index in [1.165, 1.54) is 18.2 Å². The lowest BCUT2D eigenvalue weighted by molar-refractivity contribution is -0.385. The number of nitro benzene ring substituents is 1. The molecular formula is C16H15FN2O4. The van der Waals surface area contributed by atoms with E-state index in [0.717, 1.165) is 0 Å². The first kappa shape index (κ1) is 16.4. The maximum atomic E-state index is 13.3. The summed E-state index contributed by atoms with van der Waals surface area (Å²) in [6.45, 7) is 1.62. The summed E-state index contributed by atoms with van der Waals surface area (Å²) in [7, 11) is 0. The Balaban J connectivity index is 1.89. The van der Waals surface area contributed by atoms with Crippen LogP contribution in [0.1, 0.15) is 12.0 Å². The van der Waals surface area contributed by atoms with Gasteiger partial charge in [-0.15, -0.1) is 0 Å². The maximum Gasteiger partial charge on any atom is 0.274 e. The normalized spacial score (nSPS) is 10.2. The number of nitrogens with zero attached hydrogens (tertiary/aromatic N) is 1. The van der Waals surface area contributed by atoms with E-state index in [2.05, 4.69) is 5.32 Å². The summed E-state index contributed by atoms with van der Waals surface area (Å²) < 4.78 is 18.5. The highest BCUT2D eigenvalue weighted by Crippen LogP contribution is 2.22. The molecule has 23 heavy (non-hydrogen) atoms. The van der Waals surface area contributed by atoms with E-state index in [0.29, 0.717) is 11.3 Å². The number of nitrogens with one attached hydrogen (secondary N) is 1. The van der Waals surface area contributed by atoms with Crippen LogP contribution in [-0.4, -0.2) is 17.4 Å². The minimum atomic E-state index is -0.508. The van der Waals surface area contributed by atoms with Crippen molar-refractivity contribution >= 4 is 17.3 Å². The highest BCUT2D eigenvalue weighted by Gasteiger charge is 2.12. The second-order valence-corrected chi connectivity index (χ2v) is 4.84. The fourth-order valence-corrected chi connectivity index (χ4v) is 1.92. The van der Waals surface area contributed by atoms with Crippen molar-refractivity contribution in [1.29, 1.82) is 0 Å². The topological polar surface area (TPSA) is 81.5 Å². The Morgan fingerprint density at radius 2 is 2.04 bits per heavy atom. The number of hydrogen-bond donors (Lipinski definition) is 1. The molecule has 0 aromatic heterocycles. The monoisotopic (exact) mass is 318 g/mol. The van der Waals surface area contributed by atoms with Crippen molar-refractivity contribution in [3.63, 3.8) is 0 Å². The molecule has 0 radical (unpaired) electrons. The van der Waals surface area contributed by atoms with Crippen LogP contribution in [0.2, 0.25) is 0 Å². The van der Waals surface area contributed by atoms with Gasteiger partial charge < -0.3 is 10.1 Å². The molecule has 1 N–H and O–H groups in total. The third kappa shape index (κ3) is 4.50. The molecule has 2 aromatic carbocycles. The average Bonchev–Trinajstić information content (AvgIpc) is 2.51. The lowest BCUT2D eigenvalue weighted by Gasteiger charge is -2.08. The number of anilines is 1. The number of hydrogen-bond acceptors (Lipinski definition) is 4. The molecule has 0 bridgehead atoms. The van der Waals surface area contributed by atoms with Gasteiger partial charge in [-0.3, -0.25) is 14.9 Å². The minimum Gasteiger partial charge on any atom is -0.490 e. The van der Waals surface area contributed by atoms with Gasteiger partial charge in [-0.05, 0) is 25.1 Å². The first-order chi connectivity index (χ1) is 11.0. The van der Waals surface area contributed by atoms with Crippen molar-refractivity contribution in [2.24, 2.45) is 0 Å². The highest BCUT2D eigenvalue weighted by molar-refractivity contribution is 5.91. The number of aryl methyl sites for hydroxylation is 1. The van der Waals surface area contributed by atoms with Gasteiger partial charge in [0, 0.05) is 17.3 Å². The molecule has 0 aliphatic carbocycles. The van der Waals surface area contributed by atoms with Crippen molar-refractivity contribution < 1.29 is 18.8 Å². The Hall–Kier alpha value is -2.96. The number of carbonyl (C=O) groups is 1. The summed E-state index contributed by atoms with van der Waals surface area (Å²) in [5.74, 6) is -0.798. The molecule has 7 heteroatoms. The Bertz CT molecular complexity index is 734. The lowest BCUT2D eigenvalue weighted by atomic mass is 10.2. The lowest BCUT2D eigenvalue weighted by Crippen LogP contribution is -2.15. The molecule has 2 rings (SSSR count). The van der Waals surface area contributed by atoms with Crippen LogP contribution in [0.3, 0.4) is 0 Å². The smallest absolute Gasteiger partial charge is 0.274 e. The molecule has 2 aromatic rings. The van der Waals surface area contributed by atoms with Crippen LogP contribution in [0.25, 0.3) is 0 Å². The Morgan fingerprint density at radius 3 is 2.74 bits per heavy atom. The summed E-state index contributed by atoms with van der Waals surface area (Å²) in [4.78, 5) is 22.1. The zero-order chi connectivity index (χ0) is 16.8. The van der Waals surface area contributed by atoms with Gasteiger partial charge >= 0.3 is 0 Å². The molecule has 1 amide bonds. The molecule has 0 aliphatic heterocycles. The fraction of sp³-hybridized carbons (Fsp3) is 0.188. The van der Waals surface area contributed by atoms with E-state index in [9.17, 15) is 19.3 Å². The molecule has 120 valence electrons. The Labute approximate surface area is 132 Å². The van der Waals surface area contributed by atoms with E-state index in [-0.39, 0.29) is 30.4 Å². The van der Waals surface area contributed by atoms with E-state index in [4.69, 9.17) is 4.74 Å². The summed E-state index contributed by atoms with van der Waals surface area (Å²) in [5.41, 5.74) is 0.777. The van der Waals surface area contributed by atoms with Gasteiger partial charge in [0.25, 0.3) is 5.69 Å². The summed E-state index contributed by atoms with van der Waals surface area (Å²) in [6.07, 6.45) is -0.00396. The highest BCUT2D eigenvalue weighted by atomic mass is 19.1. The number of halogens is 1. The average molecular weight is 318 g/mol. The van der Waals surface area contributed by atoms with Crippen LogP contribution in [0.15, 0.2) is 42.5 Å². The van der Waals surface area contributed by atoms with Crippen LogP contribution < -0.4 is 10.1 Å². The zero-order valence-electron chi connectivity index (χ0n) is 12.4. The molecule has 0 saturated carbocycles. The zero-order valence-corrected chi connectivity index (χ0v) is 12.4. The number of benzene rings is 2. The van der Waals surface area contributed by atoms with Crippen molar-refractivity contribution in [1.82, 2.24) is 0 Å². The number of para-hydroxylation sites is 1. The number of amides is 1. The second kappa shape index (κ2) is 7.35. The standard InChI is InChI=1S/C16H15FN2O4/c1-11-6-7-12(10-14(11)19(21)22)18-16(20)8-9-23-15-5-3-2-4-13(15)17/h2-7,10H,8-9H2,1H3,(H,18,20).